The van der Waals surface area contributed by atoms with Crippen LogP contribution in [0, 0.1) is 0 Å². The number of hydrogen-bond acceptors (Lipinski definition) is 3. The molecule has 0 spiro atoms. The predicted octanol–water partition coefficient (Wildman–Crippen LogP) is 0.239. The van der Waals surface area contributed by atoms with E-state index in [1.165, 1.54) is 13.1 Å². The minimum Gasteiger partial charge on any atom is -0.362 e. The van der Waals surface area contributed by atoms with Gasteiger partial charge in [0.25, 0.3) is 0 Å². The molecule has 0 fully saturated rings. The number of hydrogen-bond donors (Lipinski definition) is 2. The highest BCUT2D eigenvalue weighted by molar-refractivity contribution is 5.13. The Morgan fingerprint density at radius 2 is 2.20 bits per heavy atom. The van der Waals surface area contributed by atoms with E-state index in [1.54, 1.807) is 18.3 Å². The van der Waals surface area contributed by atoms with Crippen molar-refractivity contribution < 1.29 is 10.2 Å². The lowest BCUT2D eigenvalue weighted by molar-refractivity contribution is -0.152. The highest BCUT2D eigenvalue weighted by Crippen LogP contribution is 2.13. The molecule has 54 valence electrons. The van der Waals surface area contributed by atoms with Crippen LogP contribution >= 0.6 is 0 Å². The van der Waals surface area contributed by atoms with E-state index in [0.717, 1.165) is 0 Å². The summed E-state index contributed by atoms with van der Waals surface area (Å²) in [7, 11) is 0. The van der Waals surface area contributed by atoms with Gasteiger partial charge in [-0.1, -0.05) is 6.07 Å². The first-order valence-corrected chi connectivity index (χ1v) is 2.96. The van der Waals surface area contributed by atoms with E-state index in [-0.39, 0.29) is 0 Å². The van der Waals surface area contributed by atoms with Gasteiger partial charge in [-0.2, -0.15) is 0 Å². The van der Waals surface area contributed by atoms with Crippen LogP contribution in [-0.2, 0) is 5.79 Å². The number of aliphatic hydroxyl groups is 2. The van der Waals surface area contributed by atoms with E-state index in [1.807, 2.05) is 0 Å². The second-order valence-corrected chi connectivity index (χ2v) is 2.26. The van der Waals surface area contributed by atoms with Gasteiger partial charge >= 0.3 is 0 Å². The first kappa shape index (κ1) is 7.18. The van der Waals surface area contributed by atoms with Gasteiger partial charge in [-0.25, -0.2) is 0 Å². The quantitative estimate of drug-likeness (QED) is 0.548. The highest BCUT2D eigenvalue weighted by Gasteiger charge is 2.17. The van der Waals surface area contributed by atoms with Crippen LogP contribution in [0.15, 0.2) is 24.5 Å². The normalized spacial score (nSPS) is 11.5. The minimum absolute atomic E-state index is 0.398. The Hall–Kier alpha value is -0.930. The van der Waals surface area contributed by atoms with Crippen molar-refractivity contribution in [2.45, 2.75) is 12.7 Å². The molecule has 2 N–H and O–H groups in total. The van der Waals surface area contributed by atoms with E-state index in [4.69, 9.17) is 10.2 Å². The molecule has 0 radical (unpaired) electrons. The SMILES string of the molecule is CC(O)(O)c1cccnc1. The van der Waals surface area contributed by atoms with Crippen LogP contribution in [0.3, 0.4) is 0 Å². The van der Waals surface area contributed by atoms with Crippen LogP contribution in [0.1, 0.15) is 12.5 Å². The third-order valence-electron chi connectivity index (χ3n) is 1.21. The van der Waals surface area contributed by atoms with Crippen LogP contribution < -0.4 is 0 Å². The molecule has 0 aliphatic rings. The first-order chi connectivity index (χ1) is 4.61. The van der Waals surface area contributed by atoms with Crippen LogP contribution in [0.2, 0.25) is 0 Å². The molecule has 0 aromatic carbocycles. The molecule has 1 heterocycles. The fourth-order valence-electron chi connectivity index (χ4n) is 0.643. The van der Waals surface area contributed by atoms with Gasteiger partial charge in [0.1, 0.15) is 0 Å². The molecule has 0 unspecified atom stereocenters. The third kappa shape index (κ3) is 1.52. The Bertz CT molecular complexity index is 203. The molecule has 0 saturated carbocycles. The van der Waals surface area contributed by atoms with Gasteiger partial charge < -0.3 is 10.2 Å². The maximum absolute atomic E-state index is 9.00. The van der Waals surface area contributed by atoms with Gasteiger partial charge in [0.05, 0.1) is 0 Å². The third-order valence-corrected chi connectivity index (χ3v) is 1.21. The van der Waals surface area contributed by atoms with Gasteiger partial charge in [-0.3, -0.25) is 4.98 Å². The molecule has 3 nitrogen and oxygen atoms in total. The van der Waals surface area contributed by atoms with Gasteiger partial charge in [0, 0.05) is 18.0 Å². The molecule has 0 aliphatic heterocycles. The average molecular weight is 139 g/mol. The van der Waals surface area contributed by atoms with E-state index >= 15 is 0 Å². The Morgan fingerprint density at radius 3 is 2.50 bits per heavy atom. The molecule has 0 saturated heterocycles. The molecule has 0 aliphatic carbocycles. The molecule has 0 amide bonds. The Kier molecular flexibility index (Phi) is 1.70. The van der Waals surface area contributed by atoms with Crippen molar-refractivity contribution in [3.63, 3.8) is 0 Å². The Balaban J connectivity index is 2.97. The first-order valence-electron chi connectivity index (χ1n) is 2.96. The Morgan fingerprint density at radius 1 is 1.50 bits per heavy atom. The number of aromatic nitrogens is 1. The van der Waals surface area contributed by atoms with Gasteiger partial charge in [-0.05, 0) is 13.0 Å². The van der Waals surface area contributed by atoms with Crippen LogP contribution in [0.4, 0.5) is 0 Å². The van der Waals surface area contributed by atoms with E-state index in [9.17, 15) is 0 Å². The molecule has 1 rings (SSSR count). The van der Waals surface area contributed by atoms with E-state index in [2.05, 4.69) is 4.98 Å². The highest BCUT2D eigenvalue weighted by atomic mass is 16.5. The maximum atomic E-state index is 9.00. The van der Waals surface area contributed by atoms with Crippen molar-refractivity contribution in [3.8, 4) is 0 Å². The summed E-state index contributed by atoms with van der Waals surface area (Å²) in [6, 6.07) is 3.26. The van der Waals surface area contributed by atoms with Crippen molar-refractivity contribution >= 4 is 0 Å². The molecule has 0 bridgehead atoms. The largest absolute Gasteiger partial charge is 0.362 e. The summed E-state index contributed by atoms with van der Waals surface area (Å²) in [6.07, 6.45) is 3.00. The molecule has 1 aromatic heterocycles. The summed E-state index contributed by atoms with van der Waals surface area (Å²) >= 11 is 0. The molecular formula is C7H9NO2. The van der Waals surface area contributed by atoms with Crippen molar-refractivity contribution in [1.82, 2.24) is 4.98 Å². The standard InChI is InChI=1S/C7H9NO2/c1-7(9,10)6-3-2-4-8-5-6/h2-5,9-10H,1H3. The fourth-order valence-corrected chi connectivity index (χ4v) is 0.643. The Labute approximate surface area is 59.0 Å². The van der Waals surface area contributed by atoms with Gasteiger partial charge in [0.15, 0.2) is 5.79 Å². The second kappa shape index (κ2) is 2.36. The molecular weight excluding hydrogens is 130 g/mol. The zero-order valence-corrected chi connectivity index (χ0v) is 5.65. The molecule has 3 heteroatoms. The summed E-state index contributed by atoms with van der Waals surface area (Å²) in [6.45, 7) is 1.30. The van der Waals surface area contributed by atoms with Crippen LogP contribution in [0.5, 0.6) is 0 Å². The lowest BCUT2D eigenvalue weighted by Crippen LogP contribution is -2.19. The fraction of sp³-hybridized carbons (Fsp3) is 0.286. The second-order valence-electron chi connectivity index (χ2n) is 2.26. The summed E-state index contributed by atoms with van der Waals surface area (Å²) in [5, 5.41) is 18.0. The van der Waals surface area contributed by atoms with Crippen molar-refractivity contribution in [2.24, 2.45) is 0 Å². The monoisotopic (exact) mass is 139 g/mol. The topological polar surface area (TPSA) is 53.4 Å². The summed E-state index contributed by atoms with van der Waals surface area (Å²) in [5.74, 6) is -1.77. The summed E-state index contributed by atoms with van der Waals surface area (Å²) in [5.41, 5.74) is 0.398. The zero-order valence-electron chi connectivity index (χ0n) is 5.65. The van der Waals surface area contributed by atoms with Crippen molar-refractivity contribution in [2.75, 3.05) is 0 Å². The van der Waals surface area contributed by atoms with E-state index < -0.39 is 5.79 Å². The zero-order chi connectivity index (χ0) is 7.61. The summed E-state index contributed by atoms with van der Waals surface area (Å²) < 4.78 is 0. The molecule has 1 aromatic rings. The smallest absolute Gasteiger partial charge is 0.188 e. The number of pyridine rings is 1. The maximum Gasteiger partial charge on any atom is 0.188 e. The van der Waals surface area contributed by atoms with Gasteiger partial charge in [-0.15, -0.1) is 0 Å². The number of rotatable bonds is 1. The number of nitrogens with zero attached hydrogens (tertiary/aromatic N) is 1. The lowest BCUT2D eigenvalue weighted by Gasteiger charge is -2.14. The van der Waals surface area contributed by atoms with Crippen LogP contribution in [-0.4, -0.2) is 15.2 Å². The molecule has 10 heavy (non-hydrogen) atoms. The minimum atomic E-state index is -1.77. The van der Waals surface area contributed by atoms with E-state index in [0.29, 0.717) is 5.56 Å². The van der Waals surface area contributed by atoms with Crippen molar-refractivity contribution in [1.29, 1.82) is 0 Å². The average Bonchev–Trinajstić information content (AvgIpc) is 1.88. The lowest BCUT2D eigenvalue weighted by atomic mass is 10.1. The van der Waals surface area contributed by atoms with Crippen molar-refractivity contribution in [3.05, 3.63) is 30.1 Å². The van der Waals surface area contributed by atoms with Crippen LogP contribution in [0.25, 0.3) is 0 Å². The summed E-state index contributed by atoms with van der Waals surface area (Å²) in [4.78, 5) is 3.73. The predicted molar refractivity (Wildman–Crippen MR) is 36.0 cm³/mol. The van der Waals surface area contributed by atoms with Gasteiger partial charge in [0.2, 0.25) is 0 Å². The molecule has 0 atom stereocenters.